The van der Waals surface area contributed by atoms with Crippen molar-refractivity contribution in [2.45, 2.75) is 38.6 Å². The number of hydrogen-bond donors (Lipinski definition) is 2. The maximum absolute atomic E-state index is 13.4. The Kier molecular flexibility index (Phi) is 9.56. The highest BCUT2D eigenvalue weighted by molar-refractivity contribution is 9.10. The second-order valence-electron chi connectivity index (χ2n) is 8.07. The van der Waals surface area contributed by atoms with Gasteiger partial charge in [-0.05, 0) is 66.0 Å². The second-order valence-corrected chi connectivity index (χ2v) is 11.8. The zero-order chi connectivity index (χ0) is 25.6. The molecule has 0 unspecified atom stereocenters. The molecule has 2 aromatic rings. The van der Waals surface area contributed by atoms with Crippen molar-refractivity contribution < 1.29 is 32.6 Å². The number of carbonyl (C=O) groups is 2. The molecule has 3 rings (SSSR count). The molecule has 1 aromatic carbocycles. The van der Waals surface area contributed by atoms with Gasteiger partial charge in [-0.15, -0.1) is 11.3 Å². The minimum Gasteiger partial charge on any atom is -0.479 e. The first-order valence-corrected chi connectivity index (χ1v) is 14.5. The van der Waals surface area contributed by atoms with Crippen LogP contribution < -0.4 is 14.4 Å². The van der Waals surface area contributed by atoms with Crippen molar-refractivity contribution in [3.8, 4) is 16.2 Å². The fraction of sp³-hybridized carbons (Fsp3) is 0.478. The van der Waals surface area contributed by atoms with Crippen molar-refractivity contribution in [3.05, 3.63) is 33.6 Å². The number of carbonyl (C=O) groups excluding carboxylic acids is 1. The van der Waals surface area contributed by atoms with E-state index in [2.05, 4.69) is 26.0 Å². The maximum atomic E-state index is 13.4. The molecule has 1 saturated heterocycles. The number of halogens is 1. The van der Waals surface area contributed by atoms with Crippen molar-refractivity contribution in [2.24, 2.45) is 0 Å². The van der Waals surface area contributed by atoms with E-state index >= 15 is 0 Å². The minimum absolute atomic E-state index is 0.0269. The Morgan fingerprint density at radius 3 is 2.63 bits per heavy atom. The number of carboxylic acids is 1. The Morgan fingerprint density at radius 1 is 1.29 bits per heavy atom. The largest absolute Gasteiger partial charge is 0.479 e. The van der Waals surface area contributed by atoms with Gasteiger partial charge >= 0.3 is 11.9 Å². The van der Waals surface area contributed by atoms with Crippen LogP contribution in [0.25, 0.3) is 10.4 Å². The Hall–Kier alpha value is -2.15. The van der Waals surface area contributed by atoms with Crippen LogP contribution in [-0.4, -0.2) is 64.1 Å². The summed E-state index contributed by atoms with van der Waals surface area (Å²) in [6.07, 6.45) is 2.75. The third-order valence-electron chi connectivity index (χ3n) is 5.62. The smallest absolute Gasteiger partial charge is 0.349 e. The van der Waals surface area contributed by atoms with Crippen LogP contribution in [0.15, 0.2) is 28.7 Å². The Balaban J connectivity index is 2.04. The minimum atomic E-state index is -3.56. The van der Waals surface area contributed by atoms with E-state index in [4.69, 9.17) is 4.74 Å². The lowest BCUT2D eigenvalue weighted by Crippen LogP contribution is -2.47. The van der Waals surface area contributed by atoms with E-state index in [0.29, 0.717) is 39.9 Å². The third-order valence-corrected chi connectivity index (χ3v) is 9.76. The van der Waals surface area contributed by atoms with Gasteiger partial charge in [0.25, 0.3) is 0 Å². The Morgan fingerprint density at radius 2 is 2.00 bits per heavy atom. The van der Waals surface area contributed by atoms with E-state index in [9.17, 15) is 23.1 Å². The molecule has 0 amide bonds. The summed E-state index contributed by atoms with van der Waals surface area (Å²) in [4.78, 5) is 23.8. The van der Waals surface area contributed by atoms with Crippen LogP contribution in [0.5, 0.6) is 5.75 Å². The highest BCUT2D eigenvalue weighted by atomic mass is 79.9. The number of carboxylic acid groups (broad SMARTS) is 1. The molecule has 35 heavy (non-hydrogen) atoms. The van der Waals surface area contributed by atoms with Gasteiger partial charge in [0.15, 0.2) is 17.2 Å². The number of thiophene rings is 1. The fourth-order valence-electron chi connectivity index (χ4n) is 3.89. The van der Waals surface area contributed by atoms with Gasteiger partial charge in [-0.1, -0.05) is 25.5 Å². The van der Waals surface area contributed by atoms with Gasteiger partial charge < -0.3 is 19.9 Å². The standard InChI is InChI=1S/C23H29BrN2O7S2/c1-3-4-12-35(30,31)26(16-8-10-25-11-9-16)17-7-5-6-15(13-17)21-19(24)20(22(34-21)23(28)29)33-14-18(27)32-2/h5-7,13,16,25H,3-4,8-12,14H2,1-2H3,(H,28,29). The van der Waals surface area contributed by atoms with Gasteiger partial charge in [-0.25, -0.2) is 18.0 Å². The molecule has 0 spiro atoms. The lowest BCUT2D eigenvalue weighted by molar-refractivity contribution is -0.142. The van der Waals surface area contributed by atoms with Gasteiger partial charge in [-0.2, -0.15) is 0 Å². The first kappa shape index (κ1) is 27.4. The quantitative estimate of drug-likeness (QED) is 0.376. The number of sulfonamides is 1. The predicted octanol–water partition coefficient (Wildman–Crippen LogP) is 4.12. The van der Waals surface area contributed by atoms with E-state index in [0.717, 1.165) is 30.8 Å². The van der Waals surface area contributed by atoms with Crippen LogP contribution in [0.1, 0.15) is 42.3 Å². The number of unbranched alkanes of at least 4 members (excludes halogenated alkanes) is 1. The maximum Gasteiger partial charge on any atom is 0.349 e. The van der Waals surface area contributed by atoms with Gasteiger partial charge in [-0.3, -0.25) is 4.31 Å². The molecule has 1 aliphatic rings. The number of nitrogens with one attached hydrogen (secondary N) is 1. The van der Waals surface area contributed by atoms with Gasteiger partial charge in [0, 0.05) is 6.04 Å². The molecule has 12 heteroatoms. The van der Waals surface area contributed by atoms with Crippen LogP contribution in [0.2, 0.25) is 0 Å². The third kappa shape index (κ3) is 6.54. The van der Waals surface area contributed by atoms with Crippen LogP contribution in [0.3, 0.4) is 0 Å². The number of nitrogens with zero attached hydrogens (tertiary/aromatic N) is 1. The molecular weight excluding hydrogens is 560 g/mol. The molecular formula is C23H29BrN2O7S2. The summed E-state index contributed by atoms with van der Waals surface area (Å²) in [5.74, 6) is -1.75. The first-order valence-electron chi connectivity index (χ1n) is 11.3. The molecule has 0 atom stereocenters. The summed E-state index contributed by atoms with van der Waals surface area (Å²) in [5, 5.41) is 13.0. The number of rotatable bonds is 11. The summed E-state index contributed by atoms with van der Waals surface area (Å²) in [7, 11) is -2.34. The Bertz CT molecular complexity index is 1160. The van der Waals surface area contributed by atoms with Crippen molar-refractivity contribution in [1.29, 1.82) is 0 Å². The number of methoxy groups -OCH3 is 1. The number of anilines is 1. The summed E-state index contributed by atoms with van der Waals surface area (Å²) < 4.78 is 38.7. The SMILES string of the molecule is CCCCS(=O)(=O)N(c1cccc(-c2sc(C(=O)O)c(OCC(=O)OC)c2Br)c1)C1CCNCC1. The molecule has 192 valence electrons. The number of benzene rings is 1. The summed E-state index contributed by atoms with van der Waals surface area (Å²) >= 11 is 4.40. The van der Waals surface area contributed by atoms with Crippen molar-refractivity contribution in [3.63, 3.8) is 0 Å². The number of hydrogen-bond acceptors (Lipinski definition) is 8. The molecule has 2 N–H and O–H groups in total. The zero-order valence-corrected chi connectivity index (χ0v) is 22.8. The topological polar surface area (TPSA) is 122 Å². The average molecular weight is 590 g/mol. The molecule has 1 fully saturated rings. The van der Waals surface area contributed by atoms with Crippen LogP contribution >= 0.6 is 27.3 Å². The zero-order valence-electron chi connectivity index (χ0n) is 19.6. The number of ether oxygens (including phenoxy) is 2. The van der Waals surface area contributed by atoms with E-state index in [-0.39, 0.29) is 22.4 Å². The first-order chi connectivity index (χ1) is 16.7. The predicted molar refractivity (Wildman–Crippen MR) is 139 cm³/mol. The Labute approximate surface area is 217 Å². The number of esters is 1. The summed E-state index contributed by atoms with van der Waals surface area (Å²) in [5.41, 5.74) is 1.18. The van der Waals surface area contributed by atoms with Crippen LogP contribution in [0.4, 0.5) is 5.69 Å². The van der Waals surface area contributed by atoms with E-state index < -0.39 is 28.6 Å². The van der Waals surface area contributed by atoms with E-state index in [1.165, 1.54) is 7.11 Å². The van der Waals surface area contributed by atoms with Gasteiger partial charge in [0.1, 0.15) is 0 Å². The van der Waals surface area contributed by atoms with Gasteiger partial charge in [0.2, 0.25) is 10.0 Å². The lowest BCUT2D eigenvalue weighted by Gasteiger charge is -2.35. The van der Waals surface area contributed by atoms with Crippen LogP contribution in [0, 0.1) is 0 Å². The molecule has 0 saturated carbocycles. The number of aromatic carboxylic acids is 1. The fourth-order valence-corrected chi connectivity index (χ4v) is 7.73. The monoisotopic (exact) mass is 588 g/mol. The molecule has 0 aliphatic carbocycles. The van der Waals surface area contributed by atoms with Crippen molar-refractivity contribution in [1.82, 2.24) is 5.32 Å². The molecule has 2 heterocycles. The lowest BCUT2D eigenvalue weighted by atomic mass is 10.1. The van der Waals surface area contributed by atoms with Crippen LogP contribution in [-0.2, 0) is 19.6 Å². The number of piperidine rings is 1. The molecule has 9 nitrogen and oxygen atoms in total. The molecule has 1 aliphatic heterocycles. The second kappa shape index (κ2) is 12.2. The average Bonchev–Trinajstić information content (AvgIpc) is 3.18. The summed E-state index contributed by atoms with van der Waals surface area (Å²) in [6, 6.07) is 6.92. The summed E-state index contributed by atoms with van der Waals surface area (Å²) in [6.45, 7) is 3.00. The molecule has 1 aromatic heterocycles. The van der Waals surface area contributed by atoms with Crippen molar-refractivity contribution >= 4 is 54.9 Å². The highest BCUT2D eigenvalue weighted by Crippen LogP contribution is 2.46. The molecule has 0 bridgehead atoms. The van der Waals surface area contributed by atoms with Crippen molar-refractivity contribution in [2.75, 3.05) is 36.9 Å². The van der Waals surface area contributed by atoms with Gasteiger partial charge in [0.05, 0.1) is 27.9 Å². The molecule has 0 radical (unpaired) electrons. The normalized spacial score (nSPS) is 14.5. The van der Waals surface area contributed by atoms with E-state index in [1.807, 2.05) is 6.92 Å². The highest BCUT2D eigenvalue weighted by Gasteiger charge is 2.32. The van der Waals surface area contributed by atoms with E-state index in [1.54, 1.807) is 28.6 Å².